The van der Waals surface area contributed by atoms with Crippen molar-refractivity contribution >= 4 is 5.82 Å². The maximum atomic E-state index is 13.6. The fourth-order valence-corrected chi connectivity index (χ4v) is 3.35. The Morgan fingerprint density at radius 2 is 2.43 bits per heavy atom. The van der Waals surface area contributed by atoms with Gasteiger partial charge in [-0.3, -0.25) is 4.90 Å². The molecular weight excluding hydrogens is 301 g/mol. The molecule has 2 aliphatic heterocycles. The van der Waals surface area contributed by atoms with Gasteiger partial charge in [0.15, 0.2) is 11.6 Å². The van der Waals surface area contributed by atoms with Gasteiger partial charge in [0, 0.05) is 38.3 Å². The summed E-state index contributed by atoms with van der Waals surface area (Å²) in [7, 11) is 0. The molecule has 0 radical (unpaired) electrons. The van der Waals surface area contributed by atoms with Gasteiger partial charge in [-0.1, -0.05) is 0 Å². The number of halogens is 1. The summed E-state index contributed by atoms with van der Waals surface area (Å²) in [5.74, 6) is 0.231. The first-order chi connectivity index (χ1) is 11.2. The standard InChI is InChI=1S/C16H24FN3O3/c17-14-2-1-3-18-15(14)19-9-13-8-16(23-10-13)11-20(4-6-21)5-7-22-12-16/h1-3,13,21H,4-12H2,(H,18,19)/t13-,16+/m0/s1. The quantitative estimate of drug-likeness (QED) is 0.832. The Morgan fingerprint density at radius 1 is 1.52 bits per heavy atom. The van der Waals surface area contributed by atoms with E-state index >= 15 is 0 Å². The van der Waals surface area contributed by atoms with Gasteiger partial charge in [-0.15, -0.1) is 0 Å². The fourth-order valence-electron chi connectivity index (χ4n) is 3.35. The third-order valence-corrected chi connectivity index (χ3v) is 4.45. The number of aliphatic hydroxyl groups excluding tert-OH is 1. The predicted molar refractivity (Wildman–Crippen MR) is 83.8 cm³/mol. The second-order valence-electron chi connectivity index (χ2n) is 6.33. The minimum absolute atomic E-state index is 0.139. The van der Waals surface area contributed by atoms with Gasteiger partial charge in [-0.05, 0) is 18.6 Å². The monoisotopic (exact) mass is 325 g/mol. The molecule has 2 atom stereocenters. The summed E-state index contributed by atoms with van der Waals surface area (Å²) < 4.78 is 25.4. The Balaban J connectivity index is 1.55. The molecule has 0 saturated carbocycles. The summed E-state index contributed by atoms with van der Waals surface area (Å²) in [4.78, 5) is 6.19. The van der Waals surface area contributed by atoms with E-state index < -0.39 is 0 Å². The number of anilines is 1. The Bertz CT molecular complexity index is 519. The van der Waals surface area contributed by atoms with Gasteiger partial charge in [0.2, 0.25) is 0 Å². The van der Waals surface area contributed by atoms with Crippen LogP contribution < -0.4 is 5.32 Å². The Morgan fingerprint density at radius 3 is 3.26 bits per heavy atom. The largest absolute Gasteiger partial charge is 0.395 e. The normalized spacial score (nSPS) is 28.9. The Kier molecular flexibility index (Phi) is 5.42. The van der Waals surface area contributed by atoms with Gasteiger partial charge in [-0.25, -0.2) is 9.37 Å². The van der Waals surface area contributed by atoms with Crippen molar-refractivity contribution in [1.29, 1.82) is 0 Å². The smallest absolute Gasteiger partial charge is 0.165 e. The van der Waals surface area contributed by atoms with Crippen LogP contribution in [0.1, 0.15) is 6.42 Å². The first-order valence-corrected chi connectivity index (χ1v) is 8.10. The number of rotatable bonds is 5. The number of pyridine rings is 1. The van der Waals surface area contributed by atoms with Crippen LogP contribution in [0.4, 0.5) is 10.2 Å². The van der Waals surface area contributed by atoms with Crippen LogP contribution in [0.25, 0.3) is 0 Å². The van der Waals surface area contributed by atoms with Crippen molar-refractivity contribution < 1.29 is 19.0 Å². The summed E-state index contributed by atoms with van der Waals surface area (Å²) in [5, 5.41) is 12.2. The molecule has 3 rings (SSSR count). The van der Waals surface area contributed by atoms with E-state index in [1.165, 1.54) is 6.07 Å². The molecule has 0 aliphatic carbocycles. The lowest BCUT2D eigenvalue weighted by Crippen LogP contribution is -2.45. The van der Waals surface area contributed by atoms with Crippen molar-refractivity contribution in [1.82, 2.24) is 9.88 Å². The van der Waals surface area contributed by atoms with Crippen molar-refractivity contribution in [3.8, 4) is 0 Å². The number of nitrogens with one attached hydrogen (secondary N) is 1. The lowest BCUT2D eigenvalue weighted by atomic mass is 9.94. The zero-order chi connectivity index (χ0) is 16.1. The average Bonchev–Trinajstić information content (AvgIpc) is 2.83. The van der Waals surface area contributed by atoms with E-state index in [2.05, 4.69) is 15.2 Å². The highest BCUT2D eigenvalue weighted by molar-refractivity contribution is 5.35. The van der Waals surface area contributed by atoms with Crippen molar-refractivity contribution in [3.63, 3.8) is 0 Å². The molecule has 1 spiro atoms. The molecule has 23 heavy (non-hydrogen) atoms. The van der Waals surface area contributed by atoms with Crippen LogP contribution in [0, 0.1) is 11.7 Å². The number of nitrogens with zero attached hydrogens (tertiary/aromatic N) is 2. The highest BCUT2D eigenvalue weighted by Crippen LogP contribution is 2.32. The highest BCUT2D eigenvalue weighted by Gasteiger charge is 2.43. The van der Waals surface area contributed by atoms with E-state index in [9.17, 15) is 4.39 Å². The molecule has 6 nitrogen and oxygen atoms in total. The minimum atomic E-state index is -0.340. The molecule has 7 heteroatoms. The van der Waals surface area contributed by atoms with Crippen molar-refractivity contribution in [2.75, 3.05) is 57.9 Å². The van der Waals surface area contributed by atoms with Gasteiger partial charge >= 0.3 is 0 Å². The maximum absolute atomic E-state index is 13.6. The third-order valence-electron chi connectivity index (χ3n) is 4.45. The number of hydrogen-bond donors (Lipinski definition) is 2. The van der Waals surface area contributed by atoms with Crippen molar-refractivity contribution in [3.05, 3.63) is 24.1 Å². The number of hydrogen-bond acceptors (Lipinski definition) is 6. The van der Waals surface area contributed by atoms with Crippen molar-refractivity contribution in [2.24, 2.45) is 5.92 Å². The van der Waals surface area contributed by atoms with Gasteiger partial charge in [0.1, 0.15) is 5.60 Å². The average molecular weight is 325 g/mol. The van der Waals surface area contributed by atoms with E-state index in [4.69, 9.17) is 14.6 Å². The zero-order valence-electron chi connectivity index (χ0n) is 13.2. The molecule has 2 aliphatic rings. The second kappa shape index (κ2) is 7.53. The number of ether oxygens (including phenoxy) is 2. The van der Waals surface area contributed by atoms with E-state index in [1.807, 2.05) is 0 Å². The highest BCUT2D eigenvalue weighted by atomic mass is 19.1. The van der Waals surface area contributed by atoms with E-state index in [0.29, 0.717) is 32.9 Å². The van der Waals surface area contributed by atoms with Crippen molar-refractivity contribution in [2.45, 2.75) is 12.0 Å². The predicted octanol–water partition coefficient (Wildman–Crippen LogP) is 0.732. The zero-order valence-corrected chi connectivity index (χ0v) is 13.2. The summed E-state index contributed by atoms with van der Waals surface area (Å²) >= 11 is 0. The lowest BCUT2D eigenvalue weighted by Gasteiger charge is -2.30. The van der Waals surface area contributed by atoms with Gasteiger partial charge in [0.25, 0.3) is 0 Å². The van der Waals surface area contributed by atoms with Crippen LogP contribution in [0.2, 0.25) is 0 Å². The SMILES string of the molecule is OCCN1CCOC[C@@]2(C[C@@H](CNc3ncccc3F)CO2)C1. The Labute approximate surface area is 135 Å². The summed E-state index contributed by atoms with van der Waals surface area (Å²) in [6, 6.07) is 2.97. The number of β-amino-alcohol motifs (C(OH)–C–C–N with tert-alkyl or cyclic N) is 1. The number of aliphatic hydroxyl groups is 1. The molecule has 0 bridgehead atoms. The molecular formula is C16H24FN3O3. The van der Waals surface area contributed by atoms with Crippen LogP contribution in [-0.2, 0) is 9.47 Å². The van der Waals surface area contributed by atoms with Crippen LogP contribution in [0.5, 0.6) is 0 Å². The van der Waals surface area contributed by atoms with E-state index in [0.717, 1.165) is 19.5 Å². The van der Waals surface area contributed by atoms with E-state index in [-0.39, 0.29) is 29.8 Å². The summed E-state index contributed by atoms with van der Waals surface area (Å²) in [6.45, 7) is 4.83. The first kappa shape index (κ1) is 16.6. The third kappa shape index (κ3) is 4.17. The molecule has 2 N–H and O–H groups in total. The Hall–Kier alpha value is -1.28. The van der Waals surface area contributed by atoms with Gasteiger partial charge in [0.05, 0.1) is 26.4 Å². The molecule has 3 heterocycles. The summed E-state index contributed by atoms with van der Waals surface area (Å²) in [6.07, 6.45) is 2.43. The van der Waals surface area contributed by atoms with Crippen LogP contribution in [0.3, 0.4) is 0 Å². The molecule has 2 saturated heterocycles. The molecule has 1 aromatic heterocycles. The maximum Gasteiger partial charge on any atom is 0.165 e. The van der Waals surface area contributed by atoms with Crippen LogP contribution in [-0.4, -0.2) is 73.2 Å². The number of aromatic nitrogens is 1. The topological polar surface area (TPSA) is 66.9 Å². The fraction of sp³-hybridized carbons (Fsp3) is 0.688. The molecule has 1 aromatic rings. The van der Waals surface area contributed by atoms with E-state index in [1.54, 1.807) is 12.3 Å². The van der Waals surface area contributed by atoms with Crippen LogP contribution in [0.15, 0.2) is 18.3 Å². The van der Waals surface area contributed by atoms with Gasteiger partial charge in [-0.2, -0.15) is 0 Å². The van der Waals surface area contributed by atoms with Gasteiger partial charge < -0.3 is 19.9 Å². The minimum Gasteiger partial charge on any atom is -0.395 e. The second-order valence-corrected chi connectivity index (χ2v) is 6.33. The molecule has 128 valence electrons. The summed E-state index contributed by atoms with van der Waals surface area (Å²) in [5.41, 5.74) is -0.319. The first-order valence-electron chi connectivity index (χ1n) is 8.10. The molecule has 0 amide bonds. The van der Waals surface area contributed by atoms with Crippen LogP contribution >= 0.6 is 0 Å². The lowest BCUT2D eigenvalue weighted by molar-refractivity contribution is -0.0563. The molecule has 2 fully saturated rings. The molecule has 0 aromatic carbocycles. The molecule has 0 unspecified atom stereocenters.